The normalized spacial score (nSPS) is 10.3. The van der Waals surface area contributed by atoms with E-state index in [4.69, 9.17) is 5.11 Å². The molecule has 2 aromatic heterocycles. The Morgan fingerprint density at radius 3 is 2.86 bits per heavy atom. The summed E-state index contributed by atoms with van der Waals surface area (Å²) in [4.78, 5) is 28.2. The average Bonchev–Trinajstić information content (AvgIpc) is 3.00. The summed E-state index contributed by atoms with van der Waals surface area (Å²) in [7, 11) is 1.63. The number of amides is 1. The third-order valence-electron chi connectivity index (χ3n) is 2.96. The summed E-state index contributed by atoms with van der Waals surface area (Å²) < 4.78 is 1.64. The van der Waals surface area contributed by atoms with Gasteiger partial charge in [0, 0.05) is 38.6 Å². The number of carbonyl (C=O) groups is 2. The topological polar surface area (TPSA) is 88.3 Å². The van der Waals surface area contributed by atoms with Crippen LogP contribution in [0.15, 0.2) is 36.8 Å². The number of nitrogens with zero attached hydrogens (tertiary/aromatic N) is 4. The number of hydrogen-bond acceptors (Lipinski definition) is 4. The average molecular weight is 288 g/mol. The van der Waals surface area contributed by atoms with E-state index in [2.05, 4.69) is 10.1 Å². The Balaban J connectivity index is 2.05. The Morgan fingerprint density at radius 2 is 2.19 bits per heavy atom. The Hall–Kier alpha value is -2.70. The number of aromatic nitrogens is 3. The van der Waals surface area contributed by atoms with Crippen LogP contribution < -0.4 is 0 Å². The van der Waals surface area contributed by atoms with Crippen molar-refractivity contribution in [3.8, 4) is 5.69 Å². The first kappa shape index (κ1) is 14.7. The molecule has 0 radical (unpaired) electrons. The first-order valence-electron chi connectivity index (χ1n) is 6.51. The number of aliphatic carboxylic acids is 1. The minimum absolute atomic E-state index is 0.0401. The molecule has 0 aliphatic heterocycles. The van der Waals surface area contributed by atoms with Crippen molar-refractivity contribution in [2.24, 2.45) is 0 Å². The molecule has 0 atom stereocenters. The quantitative estimate of drug-likeness (QED) is 0.863. The maximum absolute atomic E-state index is 12.2. The largest absolute Gasteiger partial charge is 0.481 e. The summed E-state index contributed by atoms with van der Waals surface area (Å²) in [6.45, 7) is 0.374. The van der Waals surface area contributed by atoms with Gasteiger partial charge in [-0.1, -0.05) is 0 Å². The van der Waals surface area contributed by atoms with Gasteiger partial charge in [-0.3, -0.25) is 14.6 Å². The molecule has 2 rings (SSSR count). The summed E-state index contributed by atoms with van der Waals surface area (Å²) in [6.07, 6.45) is 5.43. The summed E-state index contributed by atoms with van der Waals surface area (Å²) in [5, 5.41) is 12.7. The maximum atomic E-state index is 12.2. The fourth-order valence-electron chi connectivity index (χ4n) is 1.86. The molecule has 2 aromatic rings. The molecule has 110 valence electrons. The summed E-state index contributed by atoms with van der Waals surface area (Å²) in [6, 6.07) is 5.21. The van der Waals surface area contributed by atoms with Gasteiger partial charge in [0.15, 0.2) is 0 Å². The van der Waals surface area contributed by atoms with Crippen LogP contribution in [0.2, 0.25) is 0 Å². The van der Waals surface area contributed by atoms with Crippen molar-refractivity contribution < 1.29 is 14.7 Å². The molecule has 7 nitrogen and oxygen atoms in total. The molecule has 1 N–H and O–H groups in total. The second-order valence-electron chi connectivity index (χ2n) is 4.57. The monoisotopic (exact) mass is 288 g/mol. The van der Waals surface area contributed by atoms with Gasteiger partial charge in [-0.05, 0) is 24.6 Å². The number of pyridine rings is 1. The van der Waals surface area contributed by atoms with Crippen LogP contribution >= 0.6 is 0 Å². The smallest absolute Gasteiger partial charge is 0.303 e. The van der Waals surface area contributed by atoms with Gasteiger partial charge in [0.1, 0.15) is 5.69 Å². The van der Waals surface area contributed by atoms with Crippen molar-refractivity contribution in [3.05, 3.63) is 42.5 Å². The molecule has 0 spiro atoms. The van der Waals surface area contributed by atoms with Gasteiger partial charge in [-0.15, -0.1) is 0 Å². The molecule has 7 heteroatoms. The lowest BCUT2D eigenvalue weighted by Gasteiger charge is -2.16. The molecule has 0 fully saturated rings. The zero-order valence-electron chi connectivity index (χ0n) is 11.6. The van der Waals surface area contributed by atoms with Crippen LogP contribution in [-0.2, 0) is 4.79 Å². The second kappa shape index (κ2) is 6.65. The van der Waals surface area contributed by atoms with Gasteiger partial charge >= 0.3 is 5.97 Å². The van der Waals surface area contributed by atoms with E-state index in [1.807, 2.05) is 0 Å². The van der Waals surface area contributed by atoms with E-state index < -0.39 is 5.97 Å². The lowest BCUT2D eigenvalue weighted by molar-refractivity contribution is -0.137. The summed E-state index contributed by atoms with van der Waals surface area (Å²) in [5.41, 5.74) is 1.05. The molecule has 0 aliphatic carbocycles. The van der Waals surface area contributed by atoms with Crippen LogP contribution in [-0.4, -0.2) is 50.2 Å². The molecule has 1 amide bonds. The molecule has 0 aliphatic rings. The van der Waals surface area contributed by atoms with Crippen molar-refractivity contribution in [2.75, 3.05) is 13.6 Å². The molecular formula is C14H16N4O3. The van der Waals surface area contributed by atoms with Crippen molar-refractivity contribution in [3.63, 3.8) is 0 Å². The molecule has 0 bridgehead atoms. The van der Waals surface area contributed by atoms with Crippen LogP contribution in [0.4, 0.5) is 0 Å². The highest BCUT2D eigenvalue weighted by atomic mass is 16.4. The third-order valence-corrected chi connectivity index (χ3v) is 2.96. The minimum Gasteiger partial charge on any atom is -0.481 e. The van der Waals surface area contributed by atoms with Gasteiger partial charge in [0.25, 0.3) is 5.91 Å². The van der Waals surface area contributed by atoms with E-state index in [0.29, 0.717) is 18.7 Å². The predicted octanol–water partition coefficient (Wildman–Crippen LogP) is 1.20. The zero-order chi connectivity index (χ0) is 15.2. The molecular weight excluding hydrogens is 272 g/mol. The highest BCUT2D eigenvalue weighted by Crippen LogP contribution is 2.09. The van der Waals surface area contributed by atoms with E-state index >= 15 is 0 Å². The van der Waals surface area contributed by atoms with Crippen LogP contribution in [0.25, 0.3) is 5.69 Å². The first-order chi connectivity index (χ1) is 10.1. The number of carbonyl (C=O) groups excluding carboxylic acids is 1. The molecule has 0 aromatic carbocycles. The standard InChI is InChI=1S/C14H16N4O3/c1-17(8-2-4-13(19)20)14(21)12-10-11(5-7-15-12)18-9-3-6-16-18/h3,5-7,9-10H,2,4,8H2,1H3,(H,19,20). The number of carboxylic acids is 1. The Labute approximate surface area is 121 Å². The van der Waals surface area contributed by atoms with E-state index in [0.717, 1.165) is 5.69 Å². The van der Waals surface area contributed by atoms with E-state index in [-0.39, 0.29) is 12.3 Å². The Morgan fingerprint density at radius 1 is 1.38 bits per heavy atom. The van der Waals surface area contributed by atoms with Crippen LogP contribution in [0.5, 0.6) is 0 Å². The first-order valence-corrected chi connectivity index (χ1v) is 6.51. The lowest BCUT2D eigenvalue weighted by atomic mass is 10.2. The number of rotatable bonds is 6. The van der Waals surface area contributed by atoms with E-state index in [1.54, 1.807) is 48.5 Å². The fourth-order valence-corrected chi connectivity index (χ4v) is 1.86. The highest BCUT2D eigenvalue weighted by Gasteiger charge is 2.14. The Kier molecular flexibility index (Phi) is 4.65. The van der Waals surface area contributed by atoms with Crippen LogP contribution in [0.3, 0.4) is 0 Å². The van der Waals surface area contributed by atoms with Crippen molar-refractivity contribution >= 4 is 11.9 Å². The Bertz CT molecular complexity index is 625. The zero-order valence-corrected chi connectivity index (χ0v) is 11.6. The van der Waals surface area contributed by atoms with Gasteiger partial charge in [-0.25, -0.2) is 4.68 Å². The van der Waals surface area contributed by atoms with Crippen LogP contribution in [0, 0.1) is 0 Å². The molecule has 0 saturated heterocycles. The summed E-state index contributed by atoms with van der Waals surface area (Å²) >= 11 is 0. The van der Waals surface area contributed by atoms with Gasteiger partial charge < -0.3 is 10.0 Å². The van der Waals surface area contributed by atoms with Crippen molar-refractivity contribution in [1.29, 1.82) is 0 Å². The number of carboxylic acid groups (broad SMARTS) is 1. The van der Waals surface area contributed by atoms with Gasteiger partial charge in [0.2, 0.25) is 0 Å². The SMILES string of the molecule is CN(CCCC(=O)O)C(=O)c1cc(-n2cccn2)ccn1. The molecule has 21 heavy (non-hydrogen) atoms. The maximum Gasteiger partial charge on any atom is 0.303 e. The van der Waals surface area contributed by atoms with Crippen LogP contribution in [0.1, 0.15) is 23.3 Å². The molecule has 0 saturated carbocycles. The minimum atomic E-state index is -0.866. The fraction of sp³-hybridized carbons (Fsp3) is 0.286. The van der Waals surface area contributed by atoms with Crippen molar-refractivity contribution in [2.45, 2.75) is 12.8 Å². The molecule has 0 unspecified atom stereocenters. The second-order valence-corrected chi connectivity index (χ2v) is 4.57. The van der Waals surface area contributed by atoms with Gasteiger partial charge in [-0.2, -0.15) is 5.10 Å². The number of hydrogen-bond donors (Lipinski definition) is 1. The van der Waals surface area contributed by atoms with E-state index in [9.17, 15) is 9.59 Å². The highest BCUT2D eigenvalue weighted by molar-refractivity contribution is 5.92. The van der Waals surface area contributed by atoms with E-state index in [1.165, 1.54) is 4.90 Å². The summed E-state index contributed by atoms with van der Waals surface area (Å²) in [5.74, 6) is -1.11. The lowest BCUT2D eigenvalue weighted by Crippen LogP contribution is -2.29. The van der Waals surface area contributed by atoms with Crippen molar-refractivity contribution in [1.82, 2.24) is 19.7 Å². The predicted molar refractivity (Wildman–Crippen MR) is 75.2 cm³/mol. The molecule has 2 heterocycles. The third kappa shape index (κ3) is 3.88. The van der Waals surface area contributed by atoms with Gasteiger partial charge in [0.05, 0.1) is 5.69 Å².